The van der Waals surface area contributed by atoms with Crippen molar-refractivity contribution in [2.45, 2.75) is 65.4 Å². The van der Waals surface area contributed by atoms with Gasteiger partial charge in [-0.25, -0.2) is 4.79 Å². The van der Waals surface area contributed by atoms with Crippen molar-refractivity contribution in [1.29, 1.82) is 0 Å². The lowest BCUT2D eigenvalue weighted by atomic mass is 10.1. The zero-order chi connectivity index (χ0) is 23.9. The highest BCUT2D eigenvalue weighted by Gasteiger charge is 2.29. The molecule has 0 fully saturated rings. The van der Waals surface area contributed by atoms with E-state index in [9.17, 15) is 9.59 Å². The van der Waals surface area contributed by atoms with Crippen LogP contribution >= 0.6 is 15.9 Å². The van der Waals surface area contributed by atoms with Crippen molar-refractivity contribution in [3.8, 4) is 5.75 Å². The van der Waals surface area contributed by atoms with Gasteiger partial charge < -0.3 is 19.5 Å². The molecule has 7 heteroatoms. The van der Waals surface area contributed by atoms with Crippen LogP contribution in [-0.4, -0.2) is 35.7 Å². The van der Waals surface area contributed by atoms with E-state index in [2.05, 4.69) is 21.2 Å². The minimum Gasteiger partial charge on any atom is -0.488 e. The minimum atomic E-state index is -0.966. The van der Waals surface area contributed by atoms with Gasteiger partial charge in [0, 0.05) is 4.47 Å². The molecule has 0 aliphatic rings. The molecule has 6 nitrogen and oxygen atoms in total. The molecule has 0 saturated heterocycles. The van der Waals surface area contributed by atoms with Crippen molar-refractivity contribution in [2.24, 2.45) is 0 Å². The Morgan fingerprint density at radius 1 is 0.969 bits per heavy atom. The van der Waals surface area contributed by atoms with Crippen molar-refractivity contribution in [2.75, 3.05) is 6.61 Å². The van der Waals surface area contributed by atoms with Crippen LogP contribution in [0.5, 0.6) is 5.75 Å². The number of amides is 1. The van der Waals surface area contributed by atoms with Gasteiger partial charge in [0.2, 0.25) is 0 Å². The normalized spacial score (nSPS) is 12.7. The smallest absolute Gasteiger partial charge is 0.331 e. The van der Waals surface area contributed by atoms with Crippen LogP contribution in [0.1, 0.15) is 57.5 Å². The van der Waals surface area contributed by atoms with Gasteiger partial charge in [0.05, 0.1) is 17.8 Å². The number of ether oxygens (including phenoxy) is 3. The summed E-state index contributed by atoms with van der Waals surface area (Å²) >= 11 is 3.42. The largest absolute Gasteiger partial charge is 0.488 e. The first-order chi connectivity index (χ1) is 14.8. The molecule has 2 rings (SSSR count). The van der Waals surface area contributed by atoms with E-state index >= 15 is 0 Å². The van der Waals surface area contributed by atoms with Gasteiger partial charge in [0.1, 0.15) is 18.0 Å². The number of benzene rings is 2. The molecule has 2 aromatic carbocycles. The van der Waals surface area contributed by atoms with E-state index in [1.54, 1.807) is 39.0 Å². The molecule has 0 heterocycles. The van der Waals surface area contributed by atoms with Gasteiger partial charge in [-0.05, 0) is 65.3 Å². The van der Waals surface area contributed by atoms with Gasteiger partial charge in [0.15, 0.2) is 6.04 Å². The van der Waals surface area contributed by atoms with Gasteiger partial charge in [-0.1, -0.05) is 46.3 Å². The second kappa shape index (κ2) is 11.0. The fourth-order valence-corrected chi connectivity index (χ4v) is 2.99. The zero-order valence-corrected chi connectivity index (χ0v) is 21.1. The number of carbonyl (C=O) groups excluding carboxylic acids is 2. The molecule has 32 heavy (non-hydrogen) atoms. The van der Waals surface area contributed by atoms with Crippen LogP contribution in [0.2, 0.25) is 0 Å². The van der Waals surface area contributed by atoms with Gasteiger partial charge in [0.25, 0.3) is 5.91 Å². The fourth-order valence-electron chi connectivity index (χ4n) is 2.65. The van der Waals surface area contributed by atoms with E-state index in [1.807, 2.05) is 51.1 Å². The fraction of sp³-hybridized carbons (Fsp3) is 0.440. The van der Waals surface area contributed by atoms with Crippen LogP contribution in [0.15, 0.2) is 53.0 Å². The van der Waals surface area contributed by atoms with Gasteiger partial charge in [-0.2, -0.15) is 0 Å². The quantitative estimate of drug-likeness (QED) is 0.493. The van der Waals surface area contributed by atoms with Crippen molar-refractivity contribution >= 4 is 27.8 Å². The Balaban J connectivity index is 2.21. The molecule has 1 amide bonds. The first-order valence-electron chi connectivity index (χ1n) is 10.5. The molecule has 174 valence electrons. The highest BCUT2D eigenvalue weighted by molar-refractivity contribution is 9.10. The van der Waals surface area contributed by atoms with Gasteiger partial charge in [-0.3, -0.25) is 4.79 Å². The number of carbonyl (C=O) groups is 2. The third-order valence-corrected chi connectivity index (χ3v) is 4.60. The van der Waals surface area contributed by atoms with E-state index in [4.69, 9.17) is 14.2 Å². The number of esters is 1. The summed E-state index contributed by atoms with van der Waals surface area (Å²) < 4.78 is 17.9. The van der Waals surface area contributed by atoms with Crippen LogP contribution in [0, 0.1) is 0 Å². The van der Waals surface area contributed by atoms with E-state index in [0.29, 0.717) is 17.9 Å². The van der Waals surface area contributed by atoms with E-state index < -0.39 is 29.1 Å². The van der Waals surface area contributed by atoms with Crippen molar-refractivity contribution in [3.05, 3.63) is 64.1 Å². The van der Waals surface area contributed by atoms with Gasteiger partial charge in [-0.15, -0.1) is 0 Å². The lowest BCUT2D eigenvalue weighted by molar-refractivity contribution is -0.160. The standard InChI is InChI=1S/C25H32BrNO5/c1-24(2,3)31-16-20(23(29)32-25(4,5)6)27-22(28)19-13-12-18(26)14-21(19)30-15-17-10-8-7-9-11-17/h7-14,20H,15-16H2,1-6H3,(H,27,28). The molecule has 0 aliphatic heterocycles. The molecular weight excluding hydrogens is 474 g/mol. The van der Waals surface area contributed by atoms with Crippen molar-refractivity contribution in [1.82, 2.24) is 5.32 Å². The van der Waals surface area contributed by atoms with Crippen LogP contribution in [-0.2, 0) is 20.9 Å². The summed E-state index contributed by atoms with van der Waals surface area (Å²) in [5.74, 6) is -0.603. The molecule has 1 unspecified atom stereocenters. The number of halogens is 1. The maximum atomic E-state index is 13.1. The van der Waals surface area contributed by atoms with Crippen LogP contribution in [0.3, 0.4) is 0 Å². The maximum absolute atomic E-state index is 13.1. The van der Waals surface area contributed by atoms with Crippen LogP contribution in [0.25, 0.3) is 0 Å². The topological polar surface area (TPSA) is 73.9 Å². The predicted octanol–water partition coefficient (Wildman–Crippen LogP) is 5.28. The summed E-state index contributed by atoms with van der Waals surface area (Å²) in [6.45, 7) is 11.3. The third-order valence-electron chi connectivity index (χ3n) is 4.11. The van der Waals surface area contributed by atoms with E-state index in [0.717, 1.165) is 10.0 Å². The molecule has 0 aromatic heterocycles. The third kappa shape index (κ3) is 9.01. The van der Waals surface area contributed by atoms with Gasteiger partial charge >= 0.3 is 5.97 Å². The summed E-state index contributed by atoms with van der Waals surface area (Å²) in [5.41, 5.74) is 0.119. The maximum Gasteiger partial charge on any atom is 0.331 e. The second-order valence-electron chi connectivity index (χ2n) is 9.40. The summed E-state index contributed by atoms with van der Waals surface area (Å²) in [7, 11) is 0. The Morgan fingerprint density at radius 3 is 2.22 bits per heavy atom. The monoisotopic (exact) mass is 505 g/mol. The molecule has 0 spiro atoms. The molecule has 0 aliphatic carbocycles. The molecule has 2 aromatic rings. The number of hydrogen-bond acceptors (Lipinski definition) is 5. The number of hydrogen-bond donors (Lipinski definition) is 1. The van der Waals surface area contributed by atoms with Crippen LogP contribution in [0.4, 0.5) is 0 Å². The zero-order valence-electron chi connectivity index (χ0n) is 19.5. The minimum absolute atomic E-state index is 0.0130. The second-order valence-corrected chi connectivity index (χ2v) is 10.3. The van der Waals surface area contributed by atoms with E-state index in [1.165, 1.54) is 0 Å². The Kier molecular flexibility index (Phi) is 8.87. The van der Waals surface area contributed by atoms with Crippen LogP contribution < -0.4 is 10.1 Å². The molecular formula is C25H32BrNO5. The summed E-state index contributed by atoms with van der Waals surface area (Å²) in [6.07, 6.45) is 0. The predicted molar refractivity (Wildman–Crippen MR) is 128 cm³/mol. The molecule has 0 saturated carbocycles. The number of nitrogens with one attached hydrogen (secondary N) is 1. The Hall–Kier alpha value is -2.38. The highest BCUT2D eigenvalue weighted by atomic mass is 79.9. The first kappa shape index (κ1) is 25.9. The van der Waals surface area contributed by atoms with E-state index in [-0.39, 0.29) is 6.61 Å². The summed E-state index contributed by atoms with van der Waals surface area (Å²) in [6, 6.07) is 13.8. The van der Waals surface area contributed by atoms with Crippen molar-refractivity contribution < 1.29 is 23.8 Å². The average molecular weight is 506 g/mol. The molecule has 1 atom stereocenters. The SMILES string of the molecule is CC(C)(C)OCC(NC(=O)c1ccc(Br)cc1OCc1ccccc1)C(=O)OC(C)(C)C. The molecule has 1 N–H and O–H groups in total. The highest BCUT2D eigenvalue weighted by Crippen LogP contribution is 2.25. The molecule has 0 radical (unpaired) electrons. The average Bonchev–Trinajstić information content (AvgIpc) is 2.68. The number of rotatable bonds is 8. The Morgan fingerprint density at radius 2 is 1.62 bits per heavy atom. The molecule has 0 bridgehead atoms. The first-order valence-corrected chi connectivity index (χ1v) is 11.3. The Bertz CT molecular complexity index is 916. The summed E-state index contributed by atoms with van der Waals surface area (Å²) in [4.78, 5) is 25.9. The lowest BCUT2D eigenvalue weighted by Gasteiger charge is -2.27. The summed E-state index contributed by atoms with van der Waals surface area (Å²) in [5, 5.41) is 2.75. The lowest BCUT2D eigenvalue weighted by Crippen LogP contribution is -2.48. The Labute approximate surface area is 198 Å². The van der Waals surface area contributed by atoms with Crippen molar-refractivity contribution in [3.63, 3.8) is 0 Å².